The van der Waals surface area contributed by atoms with Crippen LogP contribution in [0.3, 0.4) is 0 Å². The highest BCUT2D eigenvalue weighted by molar-refractivity contribution is 6.32. The Bertz CT molecular complexity index is 951. The molecule has 0 radical (unpaired) electrons. The summed E-state index contributed by atoms with van der Waals surface area (Å²) in [6.45, 7) is 3.59. The Morgan fingerprint density at radius 2 is 1.89 bits per heavy atom. The van der Waals surface area contributed by atoms with E-state index in [1.54, 1.807) is 62.4 Å². The molecule has 0 saturated heterocycles. The number of para-hydroxylation sites is 1. The summed E-state index contributed by atoms with van der Waals surface area (Å²) in [6.07, 6.45) is 1.71. The molecule has 0 aliphatic carbocycles. The van der Waals surface area contributed by atoms with Crippen molar-refractivity contribution in [2.24, 2.45) is 5.10 Å². The Kier molecular flexibility index (Phi) is 6.11. The van der Waals surface area contributed by atoms with Crippen LogP contribution >= 0.6 is 11.6 Å². The van der Waals surface area contributed by atoms with Crippen molar-refractivity contribution in [2.45, 2.75) is 13.8 Å². The van der Waals surface area contributed by atoms with Crippen LogP contribution < -0.4 is 9.75 Å². The first-order valence-corrected chi connectivity index (χ1v) is 9.12. The van der Waals surface area contributed by atoms with Crippen LogP contribution in [0.25, 0.3) is 6.08 Å². The average Bonchev–Trinajstić information content (AvgIpc) is 2.96. The summed E-state index contributed by atoms with van der Waals surface area (Å²) in [7, 11) is 0. The summed E-state index contributed by atoms with van der Waals surface area (Å²) >= 11 is 5.91. The van der Waals surface area contributed by atoms with Crippen LogP contribution in [0.15, 0.2) is 59.2 Å². The number of nitrogens with zero attached hydrogens (tertiary/aromatic N) is 2. The highest BCUT2D eigenvalue weighted by Crippen LogP contribution is 2.28. The molecule has 2 aromatic rings. The van der Waals surface area contributed by atoms with Crippen molar-refractivity contribution in [3.05, 3.63) is 64.7 Å². The largest absolute Gasteiger partial charge is 0.481 e. The number of hydrazone groups is 1. The van der Waals surface area contributed by atoms with Crippen molar-refractivity contribution in [2.75, 3.05) is 18.2 Å². The maximum absolute atomic E-state index is 12.9. The Labute approximate surface area is 168 Å². The number of anilines is 1. The first kappa shape index (κ1) is 19.6. The molecular formula is C21H19ClN2O4. The quantitative estimate of drug-likeness (QED) is 0.543. The molecule has 7 heteroatoms. The zero-order chi connectivity index (χ0) is 20.1. The van der Waals surface area contributed by atoms with E-state index in [1.807, 2.05) is 6.07 Å². The van der Waals surface area contributed by atoms with Gasteiger partial charge in [0.15, 0.2) is 6.61 Å². The maximum Gasteiger partial charge on any atom is 0.344 e. The molecule has 0 unspecified atom stereocenters. The average molecular weight is 399 g/mol. The summed E-state index contributed by atoms with van der Waals surface area (Å²) < 4.78 is 10.4. The molecule has 0 N–H and O–H groups in total. The van der Waals surface area contributed by atoms with Gasteiger partial charge in [-0.25, -0.2) is 4.79 Å². The van der Waals surface area contributed by atoms with E-state index in [2.05, 4.69) is 5.10 Å². The van der Waals surface area contributed by atoms with E-state index >= 15 is 0 Å². The van der Waals surface area contributed by atoms with Gasteiger partial charge in [-0.3, -0.25) is 4.79 Å². The van der Waals surface area contributed by atoms with Gasteiger partial charge >= 0.3 is 5.97 Å². The van der Waals surface area contributed by atoms with Crippen molar-refractivity contribution in [3.63, 3.8) is 0 Å². The van der Waals surface area contributed by atoms with Crippen LogP contribution in [-0.2, 0) is 14.3 Å². The van der Waals surface area contributed by atoms with Gasteiger partial charge in [-0.05, 0) is 50.3 Å². The Balaban J connectivity index is 1.84. The number of hydrogen-bond donors (Lipinski definition) is 0. The van der Waals surface area contributed by atoms with Gasteiger partial charge in [0.25, 0.3) is 5.91 Å². The fraction of sp³-hybridized carbons (Fsp3) is 0.190. The molecule has 0 fully saturated rings. The molecule has 28 heavy (non-hydrogen) atoms. The highest BCUT2D eigenvalue weighted by Gasteiger charge is 2.29. The minimum absolute atomic E-state index is 0.202. The number of esters is 1. The van der Waals surface area contributed by atoms with E-state index in [1.165, 1.54) is 5.01 Å². The fourth-order valence-corrected chi connectivity index (χ4v) is 2.79. The molecule has 1 amide bonds. The summed E-state index contributed by atoms with van der Waals surface area (Å²) in [5, 5.41) is 6.27. The Morgan fingerprint density at radius 3 is 2.61 bits per heavy atom. The molecule has 1 aliphatic heterocycles. The number of carbonyl (C=O) groups is 2. The standard InChI is InChI=1S/C21H19ClN2O4/c1-3-27-20(25)13-28-19-7-5-4-6-15(19)12-18-14(2)23-24(21(18)26)17-10-8-16(22)9-11-17/h4-12H,3,13H2,1-2H3/b18-12+. The number of halogens is 1. The third-order valence-electron chi connectivity index (χ3n) is 4.00. The molecule has 144 valence electrons. The molecular weight excluding hydrogens is 380 g/mol. The maximum atomic E-state index is 12.9. The van der Waals surface area contributed by atoms with Crippen molar-refractivity contribution in [1.29, 1.82) is 0 Å². The van der Waals surface area contributed by atoms with Crippen molar-refractivity contribution >= 4 is 41.0 Å². The lowest BCUT2D eigenvalue weighted by Gasteiger charge is -2.12. The lowest BCUT2D eigenvalue weighted by Crippen LogP contribution is -2.21. The predicted molar refractivity (Wildman–Crippen MR) is 109 cm³/mol. The lowest BCUT2D eigenvalue weighted by atomic mass is 10.1. The fourth-order valence-electron chi connectivity index (χ4n) is 2.67. The lowest BCUT2D eigenvalue weighted by molar-refractivity contribution is -0.145. The molecule has 1 aliphatic rings. The van der Waals surface area contributed by atoms with Crippen LogP contribution in [0.1, 0.15) is 19.4 Å². The van der Waals surface area contributed by atoms with Crippen LogP contribution in [0.4, 0.5) is 5.69 Å². The summed E-state index contributed by atoms with van der Waals surface area (Å²) in [5.41, 5.74) is 2.33. The zero-order valence-electron chi connectivity index (χ0n) is 15.5. The Hall–Kier alpha value is -3.12. The van der Waals surface area contributed by atoms with Crippen molar-refractivity contribution < 1.29 is 19.1 Å². The second-order valence-electron chi connectivity index (χ2n) is 5.97. The third-order valence-corrected chi connectivity index (χ3v) is 4.26. The number of hydrogen-bond acceptors (Lipinski definition) is 5. The van der Waals surface area contributed by atoms with Gasteiger partial charge < -0.3 is 9.47 Å². The second-order valence-corrected chi connectivity index (χ2v) is 6.40. The van der Waals surface area contributed by atoms with Gasteiger partial charge in [0, 0.05) is 10.6 Å². The van der Waals surface area contributed by atoms with Gasteiger partial charge in [-0.15, -0.1) is 0 Å². The number of ether oxygens (including phenoxy) is 2. The molecule has 0 spiro atoms. The number of carbonyl (C=O) groups excluding carboxylic acids is 2. The topological polar surface area (TPSA) is 68.2 Å². The van der Waals surface area contributed by atoms with Crippen molar-refractivity contribution in [3.8, 4) is 5.75 Å². The number of benzene rings is 2. The Morgan fingerprint density at radius 1 is 1.18 bits per heavy atom. The number of amides is 1. The third kappa shape index (κ3) is 4.40. The second kappa shape index (κ2) is 8.71. The summed E-state index contributed by atoms with van der Waals surface area (Å²) in [6, 6.07) is 14.0. The van der Waals surface area contributed by atoms with Gasteiger partial charge in [0.2, 0.25) is 0 Å². The predicted octanol–water partition coefficient (Wildman–Crippen LogP) is 4.09. The summed E-state index contributed by atoms with van der Waals surface area (Å²) in [5.74, 6) is -0.220. The van der Waals surface area contributed by atoms with E-state index in [4.69, 9.17) is 21.1 Å². The van der Waals surface area contributed by atoms with E-state index in [9.17, 15) is 9.59 Å². The molecule has 0 saturated carbocycles. The minimum Gasteiger partial charge on any atom is -0.481 e. The van der Waals surface area contributed by atoms with E-state index in [0.717, 1.165) is 0 Å². The van der Waals surface area contributed by atoms with Gasteiger partial charge in [-0.2, -0.15) is 10.1 Å². The van der Waals surface area contributed by atoms with E-state index in [0.29, 0.717) is 39.9 Å². The van der Waals surface area contributed by atoms with Gasteiger partial charge in [0.05, 0.1) is 23.6 Å². The molecule has 0 atom stereocenters. The van der Waals surface area contributed by atoms with Crippen LogP contribution in [0.5, 0.6) is 5.75 Å². The van der Waals surface area contributed by atoms with E-state index < -0.39 is 5.97 Å². The first-order valence-electron chi connectivity index (χ1n) is 8.74. The molecule has 6 nitrogen and oxygen atoms in total. The molecule has 0 bridgehead atoms. The van der Waals surface area contributed by atoms with Gasteiger partial charge in [-0.1, -0.05) is 29.8 Å². The molecule has 1 heterocycles. The first-order chi connectivity index (χ1) is 13.5. The zero-order valence-corrected chi connectivity index (χ0v) is 16.3. The highest BCUT2D eigenvalue weighted by atomic mass is 35.5. The summed E-state index contributed by atoms with van der Waals surface area (Å²) in [4.78, 5) is 24.4. The molecule has 2 aromatic carbocycles. The monoisotopic (exact) mass is 398 g/mol. The van der Waals surface area contributed by atoms with Crippen molar-refractivity contribution in [1.82, 2.24) is 0 Å². The minimum atomic E-state index is -0.450. The molecule has 0 aromatic heterocycles. The van der Waals surface area contributed by atoms with Crippen LogP contribution in [0, 0.1) is 0 Å². The SMILES string of the molecule is CCOC(=O)COc1ccccc1/C=C1/C(=O)N(c2ccc(Cl)cc2)N=C1C. The number of rotatable bonds is 6. The van der Waals surface area contributed by atoms with Gasteiger partial charge in [0.1, 0.15) is 5.75 Å². The molecule has 3 rings (SSSR count). The van der Waals surface area contributed by atoms with E-state index in [-0.39, 0.29) is 12.5 Å². The van der Waals surface area contributed by atoms with Crippen LogP contribution in [-0.4, -0.2) is 30.8 Å². The smallest absolute Gasteiger partial charge is 0.344 e. The normalized spacial score (nSPS) is 15.0. The van der Waals surface area contributed by atoms with Crippen LogP contribution in [0.2, 0.25) is 5.02 Å².